The Morgan fingerprint density at radius 3 is 2.64 bits per heavy atom. The summed E-state index contributed by atoms with van der Waals surface area (Å²) in [4.78, 5) is 0. The molecule has 1 fully saturated rings. The van der Waals surface area contributed by atoms with Gasteiger partial charge in [-0.05, 0) is 25.0 Å². The van der Waals surface area contributed by atoms with Gasteiger partial charge in [0, 0.05) is 18.4 Å². The van der Waals surface area contributed by atoms with Crippen molar-refractivity contribution in [3.05, 3.63) is 24.2 Å². The van der Waals surface area contributed by atoms with E-state index in [9.17, 15) is 5.11 Å². The Morgan fingerprint density at radius 1 is 1.29 bits per heavy atom. The van der Waals surface area contributed by atoms with Crippen LogP contribution in [0, 0.1) is 5.41 Å². The molecule has 0 aromatic carbocycles. The van der Waals surface area contributed by atoms with E-state index < -0.39 is 0 Å². The highest BCUT2D eigenvalue weighted by atomic mass is 16.3. The molecule has 0 amide bonds. The number of rotatable bonds is 3. The summed E-state index contributed by atoms with van der Waals surface area (Å²) in [5.41, 5.74) is 0.107. The average molecular weight is 194 g/mol. The van der Waals surface area contributed by atoms with Crippen LogP contribution in [0.15, 0.2) is 22.8 Å². The summed E-state index contributed by atoms with van der Waals surface area (Å²) >= 11 is 0. The third kappa shape index (κ3) is 2.01. The molecule has 1 aliphatic carbocycles. The van der Waals surface area contributed by atoms with Crippen LogP contribution in [0.4, 0.5) is 0 Å². The summed E-state index contributed by atoms with van der Waals surface area (Å²) in [7, 11) is 0. The smallest absolute Gasteiger partial charge is 0.104 e. The molecule has 0 radical (unpaired) electrons. The van der Waals surface area contributed by atoms with Crippen LogP contribution in [0.1, 0.15) is 37.9 Å². The first-order valence-electron chi connectivity index (χ1n) is 5.48. The SMILES string of the molecule is OCC1(Cc2ccco2)CCCCC1. The lowest BCUT2D eigenvalue weighted by atomic mass is 9.72. The number of aliphatic hydroxyl groups is 1. The van der Waals surface area contributed by atoms with Crippen molar-refractivity contribution in [3.8, 4) is 0 Å². The predicted molar refractivity (Wildman–Crippen MR) is 55.0 cm³/mol. The highest BCUT2D eigenvalue weighted by molar-refractivity contribution is 5.03. The standard InChI is InChI=1S/C12H18O2/c13-10-12(6-2-1-3-7-12)9-11-5-4-8-14-11/h4-5,8,13H,1-3,6-7,9-10H2. The summed E-state index contributed by atoms with van der Waals surface area (Å²) in [6.07, 6.45) is 8.72. The van der Waals surface area contributed by atoms with Crippen molar-refractivity contribution in [3.63, 3.8) is 0 Å². The van der Waals surface area contributed by atoms with Crippen LogP contribution in [-0.4, -0.2) is 11.7 Å². The van der Waals surface area contributed by atoms with Crippen LogP contribution in [0.25, 0.3) is 0 Å². The first-order chi connectivity index (χ1) is 6.85. The van der Waals surface area contributed by atoms with Gasteiger partial charge in [0.1, 0.15) is 5.76 Å². The molecule has 0 saturated heterocycles. The quantitative estimate of drug-likeness (QED) is 0.802. The van der Waals surface area contributed by atoms with Crippen LogP contribution < -0.4 is 0 Å². The minimum Gasteiger partial charge on any atom is -0.469 e. The molecule has 1 heterocycles. The van der Waals surface area contributed by atoms with E-state index in [2.05, 4.69) is 0 Å². The van der Waals surface area contributed by atoms with Gasteiger partial charge < -0.3 is 9.52 Å². The molecule has 0 bridgehead atoms. The predicted octanol–water partition coefficient (Wildman–Crippen LogP) is 2.76. The number of hydrogen-bond acceptors (Lipinski definition) is 2. The fraction of sp³-hybridized carbons (Fsp3) is 0.667. The van der Waals surface area contributed by atoms with E-state index in [0.29, 0.717) is 6.61 Å². The first kappa shape index (κ1) is 9.78. The fourth-order valence-electron chi connectivity index (χ4n) is 2.48. The van der Waals surface area contributed by atoms with Gasteiger partial charge in [0.2, 0.25) is 0 Å². The summed E-state index contributed by atoms with van der Waals surface area (Å²) in [6.45, 7) is 0.299. The van der Waals surface area contributed by atoms with Gasteiger partial charge in [-0.25, -0.2) is 0 Å². The third-order valence-corrected chi connectivity index (χ3v) is 3.38. The Balaban J connectivity index is 2.04. The van der Waals surface area contributed by atoms with Crippen molar-refractivity contribution in [1.29, 1.82) is 0 Å². The maximum atomic E-state index is 9.50. The van der Waals surface area contributed by atoms with E-state index in [1.807, 2.05) is 12.1 Å². The number of aliphatic hydroxyl groups excluding tert-OH is 1. The van der Waals surface area contributed by atoms with E-state index in [0.717, 1.165) is 25.0 Å². The molecule has 1 N–H and O–H groups in total. The number of hydrogen-bond donors (Lipinski definition) is 1. The molecule has 1 aliphatic rings. The second-order valence-electron chi connectivity index (χ2n) is 4.47. The first-order valence-corrected chi connectivity index (χ1v) is 5.48. The van der Waals surface area contributed by atoms with Crippen molar-refractivity contribution in [2.75, 3.05) is 6.61 Å². The third-order valence-electron chi connectivity index (χ3n) is 3.38. The van der Waals surface area contributed by atoms with Crippen molar-refractivity contribution < 1.29 is 9.52 Å². The molecule has 0 spiro atoms. The van der Waals surface area contributed by atoms with E-state index >= 15 is 0 Å². The van der Waals surface area contributed by atoms with Gasteiger partial charge in [-0.1, -0.05) is 19.3 Å². The molecule has 0 aliphatic heterocycles. The summed E-state index contributed by atoms with van der Waals surface area (Å²) in [5, 5.41) is 9.50. The molecule has 0 atom stereocenters. The summed E-state index contributed by atoms with van der Waals surface area (Å²) < 4.78 is 5.35. The highest BCUT2D eigenvalue weighted by Crippen LogP contribution is 2.38. The van der Waals surface area contributed by atoms with Crippen LogP contribution in [0.5, 0.6) is 0 Å². The Kier molecular flexibility index (Phi) is 2.92. The molecule has 78 valence electrons. The molecule has 1 aromatic heterocycles. The van der Waals surface area contributed by atoms with Crippen LogP contribution in [0.2, 0.25) is 0 Å². The Bertz CT molecular complexity index is 258. The van der Waals surface area contributed by atoms with Gasteiger partial charge in [-0.15, -0.1) is 0 Å². The lowest BCUT2D eigenvalue weighted by Gasteiger charge is -2.34. The Morgan fingerprint density at radius 2 is 2.07 bits per heavy atom. The normalized spacial score (nSPS) is 20.9. The fourth-order valence-corrected chi connectivity index (χ4v) is 2.48. The van der Waals surface area contributed by atoms with E-state index in [1.54, 1.807) is 6.26 Å². The topological polar surface area (TPSA) is 33.4 Å². The molecule has 14 heavy (non-hydrogen) atoms. The summed E-state index contributed by atoms with van der Waals surface area (Å²) in [5.74, 6) is 1.01. The Labute approximate surface area is 84.9 Å². The largest absolute Gasteiger partial charge is 0.469 e. The molecule has 0 unspecified atom stereocenters. The van der Waals surface area contributed by atoms with Crippen molar-refractivity contribution in [1.82, 2.24) is 0 Å². The molecular formula is C12H18O2. The van der Waals surface area contributed by atoms with Gasteiger partial charge in [0.15, 0.2) is 0 Å². The van der Waals surface area contributed by atoms with Crippen molar-refractivity contribution >= 4 is 0 Å². The zero-order valence-electron chi connectivity index (χ0n) is 8.54. The van der Waals surface area contributed by atoms with E-state index in [4.69, 9.17) is 4.42 Å². The molecule has 2 rings (SSSR count). The molecule has 1 saturated carbocycles. The van der Waals surface area contributed by atoms with E-state index in [1.165, 1.54) is 19.3 Å². The van der Waals surface area contributed by atoms with Crippen molar-refractivity contribution in [2.24, 2.45) is 5.41 Å². The maximum Gasteiger partial charge on any atom is 0.104 e. The van der Waals surface area contributed by atoms with Crippen molar-refractivity contribution in [2.45, 2.75) is 38.5 Å². The number of furan rings is 1. The van der Waals surface area contributed by atoms with Crippen LogP contribution in [-0.2, 0) is 6.42 Å². The Hall–Kier alpha value is -0.760. The minimum atomic E-state index is 0.107. The molecule has 2 heteroatoms. The molecular weight excluding hydrogens is 176 g/mol. The average Bonchev–Trinajstić information content (AvgIpc) is 2.72. The van der Waals surface area contributed by atoms with Crippen LogP contribution in [0.3, 0.4) is 0 Å². The lowest BCUT2D eigenvalue weighted by Crippen LogP contribution is -2.30. The van der Waals surface area contributed by atoms with Gasteiger partial charge >= 0.3 is 0 Å². The molecule has 2 nitrogen and oxygen atoms in total. The summed E-state index contributed by atoms with van der Waals surface area (Å²) in [6, 6.07) is 3.93. The van der Waals surface area contributed by atoms with Crippen LogP contribution >= 0.6 is 0 Å². The van der Waals surface area contributed by atoms with E-state index in [-0.39, 0.29) is 5.41 Å². The zero-order chi connectivity index (χ0) is 9.86. The lowest BCUT2D eigenvalue weighted by molar-refractivity contribution is 0.0770. The van der Waals surface area contributed by atoms with Gasteiger partial charge in [0.25, 0.3) is 0 Å². The molecule has 1 aromatic rings. The second-order valence-corrected chi connectivity index (χ2v) is 4.47. The van der Waals surface area contributed by atoms with Gasteiger partial charge in [0.05, 0.1) is 6.26 Å². The second kappa shape index (κ2) is 4.18. The minimum absolute atomic E-state index is 0.107. The monoisotopic (exact) mass is 194 g/mol. The zero-order valence-corrected chi connectivity index (χ0v) is 8.54. The van der Waals surface area contributed by atoms with Gasteiger partial charge in [-0.2, -0.15) is 0 Å². The van der Waals surface area contributed by atoms with Gasteiger partial charge in [-0.3, -0.25) is 0 Å². The maximum absolute atomic E-state index is 9.50. The highest BCUT2D eigenvalue weighted by Gasteiger charge is 2.32.